The molecule has 1 saturated carbocycles. The van der Waals surface area contributed by atoms with Crippen LogP contribution in [0.4, 0.5) is 4.39 Å². The Balaban J connectivity index is 2.35. The van der Waals surface area contributed by atoms with Crippen molar-refractivity contribution in [2.24, 2.45) is 5.73 Å². The van der Waals surface area contributed by atoms with E-state index in [1.54, 1.807) is 0 Å². The maximum atomic E-state index is 14.5. The first-order valence-corrected chi connectivity index (χ1v) is 5.12. The summed E-state index contributed by atoms with van der Waals surface area (Å²) in [6.07, 6.45) is 1.84. The molecule has 0 bridgehead atoms. The SMILES string of the molecule is Cc1ccccc1C1(F)CCC(N)C1. The van der Waals surface area contributed by atoms with Gasteiger partial charge in [-0.3, -0.25) is 0 Å². The van der Waals surface area contributed by atoms with Gasteiger partial charge in [0.15, 0.2) is 0 Å². The summed E-state index contributed by atoms with van der Waals surface area (Å²) in [5, 5.41) is 0. The number of halogens is 1. The molecule has 2 unspecified atom stereocenters. The van der Waals surface area contributed by atoms with Crippen LogP contribution in [-0.2, 0) is 5.67 Å². The Morgan fingerprint density at radius 2 is 2.14 bits per heavy atom. The van der Waals surface area contributed by atoms with E-state index >= 15 is 0 Å². The maximum absolute atomic E-state index is 14.5. The van der Waals surface area contributed by atoms with Gasteiger partial charge in [0.25, 0.3) is 0 Å². The molecule has 1 aromatic carbocycles. The second-order valence-corrected chi connectivity index (χ2v) is 4.28. The van der Waals surface area contributed by atoms with Gasteiger partial charge in [0, 0.05) is 12.5 Å². The van der Waals surface area contributed by atoms with Gasteiger partial charge in [-0.25, -0.2) is 4.39 Å². The standard InChI is InChI=1S/C12H16FN/c1-9-4-2-3-5-11(9)12(13)7-6-10(14)8-12/h2-5,10H,6-8,14H2,1H3. The van der Waals surface area contributed by atoms with E-state index in [9.17, 15) is 4.39 Å². The van der Waals surface area contributed by atoms with Gasteiger partial charge in [0.1, 0.15) is 5.67 Å². The molecular weight excluding hydrogens is 177 g/mol. The number of alkyl halides is 1. The minimum Gasteiger partial charge on any atom is -0.328 e. The number of rotatable bonds is 1. The zero-order valence-corrected chi connectivity index (χ0v) is 8.46. The average molecular weight is 193 g/mol. The first kappa shape index (κ1) is 9.66. The number of aryl methyl sites for hydroxylation is 1. The van der Waals surface area contributed by atoms with Crippen molar-refractivity contribution in [3.8, 4) is 0 Å². The van der Waals surface area contributed by atoms with E-state index in [4.69, 9.17) is 5.73 Å². The fourth-order valence-corrected chi connectivity index (χ4v) is 2.35. The lowest BCUT2D eigenvalue weighted by atomic mass is 9.90. The molecule has 0 amide bonds. The fourth-order valence-electron chi connectivity index (χ4n) is 2.35. The van der Waals surface area contributed by atoms with E-state index in [1.165, 1.54) is 0 Å². The summed E-state index contributed by atoms with van der Waals surface area (Å²) in [5.74, 6) is 0. The van der Waals surface area contributed by atoms with Crippen LogP contribution in [0.15, 0.2) is 24.3 Å². The summed E-state index contributed by atoms with van der Waals surface area (Å²) in [5.41, 5.74) is 6.44. The van der Waals surface area contributed by atoms with Crippen molar-refractivity contribution in [1.82, 2.24) is 0 Å². The van der Waals surface area contributed by atoms with Gasteiger partial charge in [-0.1, -0.05) is 24.3 Å². The largest absolute Gasteiger partial charge is 0.328 e. The predicted octanol–water partition coefficient (Wildman–Crippen LogP) is 2.67. The first-order valence-electron chi connectivity index (χ1n) is 5.12. The van der Waals surface area contributed by atoms with Gasteiger partial charge < -0.3 is 5.73 Å². The van der Waals surface area contributed by atoms with Crippen molar-refractivity contribution in [2.75, 3.05) is 0 Å². The van der Waals surface area contributed by atoms with E-state index in [0.717, 1.165) is 17.5 Å². The second kappa shape index (κ2) is 3.35. The molecule has 1 aliphatic rings. The average Bonchev–Trinajstić information content (AvgIpc) is 2.48. The van der Waals surface area contributed by atoms with Crippen molar-refractivity contribution in [3.05, 3.63) is 35.4 Å². The molecule has 0 aromatic heterocycles. The molecule has 2 atom stereocenters. The van der Waals surface area contributed by atoms with Gasteiger partial charge >= 0.3 is 0 Å². The molecule has 0 spiro atoms. The van der Waals surface area contributed by atoms with E-state index < -0.39 is 5.67 Å². The molecule has 0 aliphatic heterocycles. The third kappa shape index (κ3) is 1.55. The van der Waals surface area contributed by atoms with Gasteiger partial charge in [0.05, 0.1) is 0 Å². The molecule has 1 fully saturated rings. The molecule has 1 nitrogen and oxygen atoms in total. The lowest BCUT2D eigenvalue weighted by Crippen LogP contribution is -2.22. The number of hydrogen-bond donors (Lipinski definition) is 1. The van der Waals surface area contributed by atoms with Crippen LogP contribution in [-0.4, -0.2) is 6.04 Å². The monoisotopic (exact) mass is 193 g/mol. The maximum Gasteiger partial charge on any atom is 0.137 e. The van der Waals surface area contributed by atoms with Crippen LogP contribution in [0.3, 0.4) is 0 Å². The molecule has 14 heavy (non-hydrogen) atoms. The highest BCUT2D eigenvalue weighted by atomic mass is 19.1. The van der Waals surface area contributed by atoms with Crippen LogP contribution in [0.2, 0.25) is 0 Å². The highest BCUT2D eigenvalue weighted by Crippen LogP contribution is 2.42. The molecule has 76 valence electrons. The minimum atomic E-state index is -1.18. The minimum absolute atomic E-state index is 0.0274. The predicted molar refractivity (Wildman–Crippen MR) is 55.8 cm³/mol. The van der Waals surface area contributed by atoms with Crippen molar-refractivity contribution in [3.63, 3.8) is 0 Å². The Kier molecular flexibility index (Phi) is 2.31. The van der Waals surface area contributed by atoms with E-state index in [-0.39, 0.29) is 6.04 Å². The molecule has 0 heterocycles. The van der Waals surface area contributed by atoms with Crippen LogP contribution in [0.1, 0.15) is 30.4 Å². The lowest BCUT2D eigenvalue weighted by Gasteiger charge is -2.21. The van der Waals surface area contributed by atoms with Gasteiger partial charge in [-0.15, -0.1) is 0 Å². The van der Waals surface area contributed by atoms with Crippen LogP contribution in [0.25, 0.3) is 0 Å². The van der Waals surface area contributed by atoms with Gasteiger partial charge in [0.2, 0.25) is 0 Å². The zero-order chi connectivity index (χ0) is 10.2. The Labute approximate surface area is 84.1 Å². The molecule has 2 rings (SSSR count). The van der Waals surface area contributed by atoms with Crippen LogP contribution in [0, 0.1) is 6.92 Å². The number of hydrogen-bond acceptors (Lipinski definition) is 1. The Morgan fingerprint density at radius 3 is 2.71 bits per heavy atom. The van der Waals surface area contributed by atoms with E-state index in [0.29, 0.717) is 12.8 Å². The third-order valence-corrected chi connectivity index (χ3v) is 3.12. The molecule has 1 aliphatic carbocycles. The molecular formula is C12H16FN. The molecule has 1 aromatic rings. The number of nitrogens with two attached hydrogens (primary N) is 1. The summed E-state index contributed by atoms with van der Waals surface area (Å²) in [7, 11) is 0. The van der Waals surface area contributed by atoms with Crippen LogP contribution >= 0.6 is 0 Å². The first-order chi connectivity index (χ1) is 6.62. The van der Waals surface area contributed by atoms with E-state index in [1.807, 2.05) is 31.2 Å². The highest BCUT2D eigenvalue weighted by Gasteiger charge is 2.40. The lowest BCUT2D eigenvalue weighted by molar-refractivity contribution is 0.171. The highest BCUT2D eigenvalue weighted by molar-refractivity contribution is 5.32. The van der Waals surface area contributed by atoms with Crippen LogP contribution < -0.4 is 5.73 Å². The Morgan fingerprint density at radius 1 is 1.43 bits per heavy atom. The molecule has 2 N–H and O–H groups in total. The van der Waals surface area contributed by atoms with Crippen molar-refractivity contribution >= 4 is 0 Å². The molecule has 2 heteroatoms. The Hall–Kier alpha value is -0.890. The van der Waals surface area contributed by atoms with Crippen molar-refractivity contribution in [1.29, 1.82) is 0 Å². The van der Waals surface area contributed by atoms with Gasteiger partial charge in [-0.2, -0.15) is 0 Å². The summed E-state index contributed by atoms with van der Waals surface area (Å²) >= 11 is 0. The third-order valence-electron chi connectivity index (χ3n) is 3.12. The number of benzene rings is 1. The topological polar surface area (TPSA) is 26.0 Å². The summed E-state index contributed by atoms with van der Waals surface area (Å²) in [6, 6.07) is 7.71. The Bertz CT molecular complexity index is 337. The van der Waals surface area contributed by atoms with Crippen molar-refractivity contribution < 1.29 is 4.39 Å². The molecule has 0 radical (unpaired) electrons. The van der Waals surface area contributed by atoms with Crippen LogP contribution in [0.5, 0.6) is 0 Å². The fraction of sp³-hybridized carbons (Fsp3) is 0.500. The quantitative estimate of drug-likeness (QED) is 0.729. The van der Waals surface area contributed by atoms with Crippen molar-refractivity contribution in [2.45, 2.75) is 37.9 Å². The molecule has 0 saturated heterocycles. The van der Waals surface area contributed by atoms with E-state index in [2.05, 4.69) is 0 Å². The summed E-state index contributed by atoms with van der Waals surface area (Å²) in [6.45, 7) is 1.96. The van der Waals surface area contributed by atoms with Gasteiger partial charge in [-0.05, 0) is 30.9 Å². The second-order valence-electron chi connectivity index (χ2n) is 4.28. The summed E-state index contributed by atoms with van der Waals surface area (Å²) in [4.78, 5) is 0. The zero-order valence-electron chi connectivity index (χ0n) is 8.46. The smallest absolute Gasteiger partial charge is 0.137 e. The summed E-state index contributed by atoms with van der Waals surface area (Å²) < 4.78 is 14.5. The normalized spacial score (nSPS) is 32.1.